The van der Waals surface area contributed by atoms with Crippen molar-refractivity contribution < 1.29 is 23.9 Å². The van der Waals surface area contributed by atoms with Gasteiger partial charge >= 0.3 is 7.12 Å². The molecule has 20 heavy (non-hydrogen) atoms. The van der Waals surface area contributed by atoms with Crippen molar-refractivity contribution in [3.05, 3.63) is 53.8 Å². The third kappa shape index (κ3) is 3.09. The molecule has 2 N–H and O–H groups in total. The average molecular weight is 276 g/mol. The summed E-state index contributed by atoms with van der Waals surface area (Å²) >= 11 is 0. The summed E-state index contributed by atoms with van der Waals surface area (Å²) in [6, 6.07) is 11.9. The SMILES string of the molecule is COc1ccc(B(O)O)c(OCc2ccccc2)c1F. The van der Waals surface area contributed by atoms with Gasteiger partial charge in [-0.25, -0.2) is 0 Å². The van der Waals surface area contributed by atoms with Crippen molar-refractivity contribution in [3.63, 3.8) is 0 Å². The predicted molar refractivity (Wildman–Crippen MR) is 73.6 cm³/mol. The van der Waals surface area contributed by atoms with Crippen molar-refractivity contribution in [2.45, 2.75) is 6.61 Å². The first-order chi connectivity index (χ1) is 9.63. The molecule has 2 aromatic carbocycles. The van der Waals surface area contributed by atoms with Crippen LogP contribution in [0.3, 0.4) is 0 Å². The fourth-order valence-corrected chi connectivity index (χ4v) is 1.79. The molecular weight excluding hydrogens is 262 g/mol. The van der Waals surface area contributed by atoms with Crippen LogP contribution in [0.5, 0.6) is 11.5 Å². The summed E-state index contributed by atoms with van der Waals surface area (Å²) < 4.78 is 24.4. The van der Waals surface area contributed by atoms with E-state index in [1.165, 1.54) is 19.2 Å². The molecule has 0 aliphatic carbocycles. The molecule has 0 bridgehead atoms. The summed E-state index contributed by atoms with van der Waals surface area (Å²) in [7, 11) is -0.491. The molecule has 0 saturated heterocycles. The van der Waals surface area contributed by atoms with E-state index in [0.717, 1.165) is 5.56 Å². The number of halogens is 1. The van der Waals surface area contributed by atoms with Gasteiger partial charge in [0, 0.05) is 5.46 Å². The van der Waals surface area contributed by atoms with Gasteiger partial charge in [0.05, 0.1) is 7.11 Å². The molecule has 2 rings (SSSR count). The highest BCUT2D eigenvalue weighted by Crippen LogP contribution is 2.25. The van der Waals surface area contributed by atoms with E-state index in [1.54, 1.807) is 0 Å². The minimum atomic E-state index is -1.82. The normalized spacial score (nSPS) is 10.2. The summed E-state index contributed by atoms with van der Waals surface area (Å²) in [6.45, 7) is 0.116. The van der Waals surface area contributed by atoms with E-state index in [9.17, 15) is 14.4 Å². The Bertz CT molecular complexity index is 575. The van der Waals surface area contributed by atoms with E-state index in [2.05, 4.69) is 0 Å². The number of hydrogen-bond donors (Lipinski definition) is 2. The largest absolute Gasteiger partial charge is 0.494 e. The Hall–Kier alpha value is -2.05. The average Bonchev–Trinajstić information content (AvgIpc) is 2.46. The van der Waals surface area contributed by atoms with Gasteiger partial charge in [-0.1, -0.05) is 36.4 Å². The maximum atomic E-state index is 14.1. The number of rotatable bonds is 5. The second-order valence-electron chi connectivity index (χ2n) is 4.15. The molecule has 0 aromatic heterocycles. The fraction of sp³-hybridized carbons (Fsp3) is 0.143. The number of ether oxygens (including phenoxy) is 2. The maximum absolute atomic E-state index is 14.1. The van der Waals surface area contributed by atoms with Gasteiger partial charge in [0.1, 0.15) is 6.61 Å². The molecule has 0 fully saturated rings. The highest BCUT2D eigenvalue weighted by Gasteiger charge is 2.23. The molecule has 0 saturated carbocycles. The number of methoxy groups -OCH3 is 1. The van der Waals surface area contributed by atoms with Gasteiger partial charge in [0.2, 0.25) is 5.82 Å². The molecule has 0 unspecified atom stereocenters. The van der Waals surface area contributed by atoms with E-state index < -0.39 is 12.9 Å². The first-order valence-corrected chi connectivity index (χ1v) is 6.02. The second-order valence-corrected chi connectivity index (χ2v) is 4.15. The zero-order valence-electron chi connectivity index (χ0n) is 10.9. The fourth-order valence-electron chi connectivity index (χ4n) is 1.79. The van der Waals surface area contributed by atoms with Crippen molar-refractivity contribution >= 4 is 12.6 Å². The maximum Gasteiger partial charge on any atom is 0.492 e. The second kappa shape index (κ2) is 6.41. The van der Waals surface area contributed by atoms with Gasteiger partial charge in [-0.3, -0.25) is 0 Å². The monoisotopic (exact) mass is 276 g/mol. The molecule has 2 aromatic rings. The molecule has 0 radical (unpaired) electrons. The lowest BCUT2D eigenvalue weighted by molar-refractivity contribution is 0.283. The topological polar surface area (TPSA) is 58.9 Å². The van der Waals surface area contributed by atoms with E-state index in [-0.39, 0.29) is 23.6 Å². The van der Waals surface area contributed by atoms with E-state index in [4.69, 9.17) is 9.47 Å². The molecule has 0 aliphatic rings. The predicted octanol–water partition coefficient (Wildman–Crippen LogP) is 1.09. The van der Waals surface area contributed by atoms with Crippen LogP contribution in [0, 0.1) is 5.82 Å². The van der Waals surface area contributed by atoms with Gasteiger partial charge in [0.15, 0.2) is 11.5 Å². The lowest BCUT2D eigenvalue weighted by Crippen LogP contribution is -2.32. The van der Waals surface area contributed by atoms with Crippen LogP contribution in [-0.4, -0.2) is 24.3 Å². The minimum Gasteiger partial charge on any atom is -0.494 e. The summed E-state index contributed by atoms with van der Waals surface area (Å²) in [5.41, 5.74) is 0.798. The third-order valence-corrected chi connectivity index (χ3v) is 2.82. The Balaban J connectivity index is 2.29. The van der Waals surface area contributed by atoms with Crippen molar-refractivity contribution in [3.8, 4) is 11.5 Å². The Morgan fingerprint density at radius 3 is 2.40 bits per heavy atom. The van der Waals surface area contributed by atoms with Crippen molar-refractivity contribution in [1.82, 2.24) is 0 Å². The Morgan fingerprint density at radius 2 is 1.80 bits per heavy atom. The van der Waals surface area contributed by atoms with E-state index in [1.807, 2.05) is 30.3 Å². The first-order valence-electron chi connectivity index (χ1n) is 6.02. The molecule has 0 aliphatic heterocycles. The van der Waals surface area contributed by atoms with Crippen LogP contribution in [0.15, 0.2) is 42.5 Å². The summed E-state index contributed by atoms with van der Waals surface area (Å²) in [5, 5.41) is 18.5. The van der Waals surface area contributed by atoms with Crippen LogP contribution in [-0.2, 0) is 6.61 Å². The van der Waals surface area contributed by atoms with Crippen LogP contribution >= 0.6 is 0 Å². The highest BCUT2D eigenvalue weighted by molar-refractivity contribution is 6.59. The number of benzene rings is 2. The number of hydrogen-bond acceptors (Lipinski definition) is 4. The first kappa shape index (κ1) is 14.4. The Labute approximate surface area is 116 Å². The summed E-state index contributed by atoms with van der Waals surface area (Å²) in [5.74, 6) is -0.991. The van der Waals surface area contributed by atoms with Crippen molar-refractivity contribution in [2.24, 2.45) is 0 Å². The highest BCUT2D eigenvalue weighted by atomic mass is 19.1. The van der Waals surface area contributed by atoms with Crippen LogP contribution in [0.1, 0.15) is 5.56 Å². The standard InChI is InChI=1S/C14H14BFO4/c1-19-12-8-7-11(15(17)18)14(13(12)16)20-9-10-5-3-2-4-6-10/h2-8,17-18H,9H2,1H3. The molecule has 6 heteroatoms. The lowest BCUT2D eigenvalue weighted by Gasteiger charge is -2.14. The van der Waals surface area contributed by atoms with Gasteiger partial charge in [-0.2, -0.15) is 4.39 Å². The van der Waals surface area contributed by atoms with Gasteiger partial charge in [-0.15, -0.1) is 0 Å². The van der Waals surface area contributed by atoms with Crippen molar-refractivity contribution in [2.75, 3.05) is 7.11 Å². The van der Waals surface area contributed by atoms with Crippen LogP contribution < -0.4 is 14.9 Å². The molecule has 104 valence electrons. The quantitative estimate of drug-likeness (QED) is 0.803. The van der Waals surface area contributed by atoms with Crippen LogP contribution in [0.4, 0.5) is 4.39 Å². The molecule has 0 spiro atoms. The lowest BCUT2D eigenvalue weighted by atomic mass is 9.79. The smallest absolute Gasteiger partial charge is 0.492 e. The van der Waals surface area contributed by atoms with E-state index >= 15 is 0 Å². The van der Waals surface area contributed by atoms with E-state index in [0.29, 0.717) is 0 Å². The van der Waals surface area contributed by atoms with Gasteiger partial charge in [0.25, 0.3) is 0 Å². The molecule has 0 atom stereocenters. The van der Waals surface area contributed by atoms with Crippen LogP contribution in [0.25, 0.3) is 0 Å². The molecule has 4 nitrogen and oxygen atoms in total. The molecular formula is C14H14BFO4. The Kier molecular flexibility index (Phi) is 4.60. The zero-order chi connectivity index (χ0) is 14.5. The third-order valence-electron chi connectivity index (χ3n) is 2.82. The molecule has 0 heterocycles. The van der Waals surface area contributed by atoms with Gasteiger partial charge < -0.3 is 19.5 Å². The van der Waals surface area contributed by atoms with Crippen LogP contribution in [0.2, 0.25) is 0 Å². The minimum absolute atomic E-state index is 0.0162. The van der Waals surface area contributed by atoms with Crippen molar-refractivity contribution in [1.29, 1.82) is 0 Å². The zero-order valence-corrected chi connectivity index (χ0v) is 10.9. The van der Waals surface area contributed by atoms with Gasteiger partial charge in [-0.05, 0) is 11.6 Å². The summed E-state index contributed by atoms with van der Waals surface area (Å²) in [4.78, 5) is 0. The molecule has 0 amide bonds. The Morgan fingerprint density at radius 1 is 1.10 bits per heavy atom. The summed E-state index contributed by atoms with van der Waals surface area (Å²) in [6.07, 6.45) is 0.